The Morgan fingerprint density at radius 2 is 1.96 bits per heavy atom. The van der Waals surface area contributed by atoms with E-state index in [2.05, 4.69) is 25.1 Å². The summed E-state index contributed by atoms with van der Waals surface area (Å²) < 4.78 is 6.32. The van der Waals surface area contributed by atoms with Crippen LogP contribution in [0.25, 0.3) is 0 Å². The lowest BCUT2D eigenvalue weighted by Gasteiger charge is -2.56. The van der Waals surface area contributed by atoms with Gasteiger partial charge in [0.1, 0.15) is 11.4 Å². The van der Waals surface area contributed by atoms with Crippen LogP contribution in [0.4, 0.5) is 0 Å². The van der Waals surface area contributed by atoms with Crippen LogP contribution in [0.3, 0.4) is 0 Å². The lowest BCUT2D eigenvalue weighted by atomic mass is 9.53. The largest absolute Gasteiger partial charge is 0.508 e. The number of aryl methyl sites for hydroxylation is 1. The average Bonchev–Trinajstić information content (AvgIpc) is 2.60. The van der Waals surface area contributed by atoms with Crippen molar-refractivity contribution in [3.8, 4) is 5.75 Å². The predicted molar refractivity (Wildman–Crippen MR) is 111 cm³/mol. The molecule has 152 valence electrons. The summed E-state index contributed by atoms with van der Waals surface area (Å²) in [6, 6.07) is 5.80. The van der Waals surface area contributed by atoms with Crippen LogP contribution < -0.4 is 0 Å². The third kappa shape index (κ3) is 4.12. The van der Waals surface area contributed by atoms with Gasteiger partial charge in [0, 0.05) is 11.8 Å². The molecule has 1 fully saturated rings. The first-order valence-corrected chi connectivity index (χ1v) is 10.1. The molecule has 2 atom stereocenters. The third-order valence-corrected chi connectivity index (χ3v) is 6.46. The molecule has 1 N–H and O–H groups in total. The molecule has 0 aromatic heterocycles. The maximum absolute atomic E-state index is 12.5. The van der Waals surface area contributed by atoms with Gasteiger partial charge in [-0.25, -0.2) is 0 Å². The molecule has 2 unspecified atom stereocenters. The summed E-state index contributed by atoms with van der Waals surface area (Å²) in [5, 5.41) is 10.2. The predicted octanol–water partition coefficient (Wildman–Crippen LogP) is 4.61. The summed E-state index contributed by atoms with van der Waals surface area (Å²) in [5.41, 5.74) is 1.92. The Morgan fingerprint density at radius 3 is 2.67 bits per heavy atom. The molecule has 2 aliphatic rings. The maximum Gasteiger partial charge on any atom is 0.306 e. The molecule has 0 spiro atoms. The number of carbonyl (C=O) groups excluding carboxylic acids is 1. The van der Waals surface area contributed by atoms with E-state index in [-0.39, 0.29) is 23.8 Å². The minimum Gasteiger partial charge on any atom is -0.508 e. The van der Waals surface area contributed by atoms with Crippen molar-refractivity contribution in [2.75, 3.05) is 20.6 Å². The second-order valence-electron chi connectivity index (χ2n) is 8.40. The molecule has 1 saturated carbocycles. The van der Waals surface area contributed by atoms with Gasteiger partial charge >= 0.3 is 5.97 Å². The number of esters is 1. The van der Waals surface area contributed by atoms with Crippen molar-refractivity contribution >= 4 is 18.4 Å². The highest BCUT2D eigenvalue weighted by Gasteiger charge is 2.58. The molecule has 1 aromatic carbocycles. The Kier molecular flexibility index (Phi) is 7.20. The van der Waals surface area contributed by atoms with Crippen LogP contribution >= 0.6 is 12.4 Å². The smallest absolute Gasteiger partial charge is 0.306 e. The van der Waals surface area contributed by atoms with Gasteiger partial charge in [0.15, 0.2) is 0 Å². The second-order valence-corrected chi connectivity index (χ2v) is 8.40. The molecule has 0 aliphatic heterocycles. The Morgan fingerprint density at radius 1 is 1.22 bits per heavy atom. The summed E-state index contributed by atoms with van der Waals surface area (Å²) in [6.45, 7) is 2.97. The van der Waals surface area contributed by atoms with Gasteiger partial charge in [-0.05, 0) is 88.8 Å². The number of fused-ring (bicyclic) bond motifs is 3. The van der Waals surface area contributed by atoms with E-state index in [1.54, 1.807) is 6.07 Å². The van der Waals surface area contributed by atoms with Gasteiger partial charge in [-0.3, -0.25) is 4.79 Å². The fraction of sp³-hybridized carbons (Fsp3) is 0.682. The van der Waals surface area contributed by atoms with Crippen LogP contribution in [0.2, 0.25) is 0 Å². The van der Waals surface area contributed by atoms with Gasteiger partial charge in [0.25, 0.3) is 0 Å². The van der Waals surface area contributed by atoms with E-state index in [4.69, 9.17) is 4.74 Å². The van der Waals surface area contributed by atoms with Crippen molar-refractivity contribution < 1.29 is 14.6 Å². The second kappa shape index (κ2) is 8.83. The Hall–Kier alpha value is -1.26. The topological polar surface area (TPSA) is 49.8 Å². The zero-order valence-electron chi connectivity index (χ0n) is 16.9. The van der Waals surface area contributed by atoms with Gasteiger partial charge in [0.05, 0.1) is 0 Å². The van der Waals surface area contributed by atoms with E-state index in [9.17, 15) is 9.90 Å². The molecule has 0 saturated heterocycles. The van der Waals surface area contributed by atoms with Gasteiger partial charge in [-0.1, -0.05) is 19.4 Å². The molecule has 5 heteroatoms. The van der Waals surface area contributed by atoms with Gasteiger partial charge in [-0.2, -0.15) is 0 Å². The number of aromatic hydroxyl groups is 1. The minimum absolute atomic E-state index is 0. The minimum atomic E-state index is -0.422. The van der Waals surface area contributed by atoms with E-state index in [0.29, 0.717) is 12.2 Å². The number of phenolic OH excluding ortho intramolecular Hbond substituents is 1. The van der Waals surface area contributed by atoms with Gasteiger partial charge < -0.3 is 14.7 Å². The first kappa shape index (κ1) is 22.0. The summed E-state index contributed by atoms with van der Waals surface area (Å²) in [4.78, 5) is 14.7. The molecule has 2 aliphatic carbocycles. The number of benzene rings is 1. The zero-order chi connectivity index (χ0) is 18.8. The van der Waals surface area contributed by atoms with Crippen molar-refractivity contribution in [3.63, 3.8) is 0 Å². The van der Waals surface area contributed by atoms with E-state index < -0.39 is 5.60 Å². The highest BCUT2D eigenvalue weighted by atomic mass is 35.5. The van der Waals surface area contributed by atoms with Crippen LogP contribution in [0.15, 0.2) is 18.2 Å². The van der Waals surface area contributed by atoms with Gasteiger partial charge in [0.2, 0.25) is 0 Å². The zero-order valence-corrected chi connectivity index (χ0v) is 17.7. The SMILES string of the molecule is CCCC(=O)OC12CCCCC1(CCN(C)C)c1cc(O)ccc1CC2.Cl. The number of rotatable bonds is 6. The molecular weight excluding hydrogens is 362 g/mol. The average molecular weight is 396 g/mol. The fourth-order valence-corrected chi connectivity index (χ4v) is 5.19. The molecular formula is C22H34ClNO3. The van der Waals surface area contributed by atoms with E-state index >= 15 is 0 Å². The highest BCUT2D eigenvalue weighted by Crippen LogP contribution is 2.57. The summed E-state index contributed by atoms with van der Waals surface area (Å²) >= 11 is 0. The molecule has 3 rings (SSSR count). The van der Waals surface area contributed by atoms with Crippen LogP contribution in [0.5, 0.6) is 5.75 Å². The molecule has 27 heavy (non-hydrogen) atoms. The number of hydrogen-bond donors (Lipinski definition) is 1. The van der Waals surface area contributed by atoms with Crippen LogP contribution in [-0.2, 0) is 21.4 Å². The third-order valence-electron chi connectivity index (χ3n) is 6.46. The number of hydrogen-bond acceptors (Lipinski definition) is 4. The quantitative estimate of drug-likeness (QED) is 0.715. The normalized spacial score (nSPS) is 26.7. The molecule has 1 aromatic rings. The number of phenols is 1. The summed E-state index contributed by atoms with van der Waals surface area (Å²) in [7, 11) is 4.19. The molecule has 0 amide bonds. The van der Waals surface area contributed by atoms with Crippen molar-refractivity contribution in [1.82, 2.24) is 4.90 Å². The van der Waals surface area contributed by atoms with E-state index in [1.807, 2.05) is 13.0 Å². The molecule has 0 bridgehead atoms. The van der Waals surface area contributed by atoms with Crippen molar-refractivity contribution in [2.45, 2.75) is 75.7 Å². The number of carbonyl (C=O) groups is 1. The Labute approximate surface area is 169 Å². The lowest BCUT2D eigenvalue weighted by molar-refractivity contribution is -0.179. The first-order chi connectivity index (χ1) is 12.4. The lowest BCUT2D eigenvalue weighted by Crippen LogP contribution is -2.59. The molecule has 4 nitrogen and oxygen atoms in total. The monoisotopic (exact) mass is 395 g/mol. The first-order valence-electron chi connectivity index (χ1n) is 10.1. The summed E-state index contributed by atoms with van der Waals surface area (Å²) in [5.74, 6) is 0.251. The van der Waals surface area contributed by atoms with Crippen molar-refractivity contribution in [3.05, 3.63) is 29.3 Å². The maximum atomic E-state index is 12.5. The van der Waals surface area contributed by atoms with Crippen molar-refractivity contribution in [1.29, 1.82) is 0 Å². The van der Waals surface area contributed by atoms with Crippen molar-refractivity contribution in [2.24, 2.45) is 0 Å². The van der Waals surface area contributed by atoms with E-state index in [0.717, 1.165) is 57.9 Å². The Balaban J connectivity index is 0.00000261. The molecule has 0 radical (unpaired) electrons. The Bertz CT molecular complexity index is 663. The number of nitrogens with zero attached hydrogens (tertiary/aromatic N) is 1. The number of ether oxygens (including phenoxy) is 1. The van der Waals surface area contributed by atoms with Crippen LogP contribution in [0.1, 0.15) is 69.4 Å². The number of halogens is 1. The summed E-state index contributed by atoms with van der Waals surface area (Å²) in [6.07, 6.45) is 8.28. The molecule has 0 heterocycles. The van der Waals surface area contributed by atoms with E-state index in [1.165, 1.54) is 11.1 Å². The van der Waals surface area contributed by atoms with Crippen LogP contribution in [-0.4, -0.2) is 42.2 Å². The van der Waals surface area contributed by atoms with Crippen LogP contribution in [0, 0.1) is 0 Å². The standard InChI is InChI=1S/C22H33NO3.ClH/c1-4-7-20(25)26-22-12-6-5-11-21(22,14-15-23(2)3)19-16-18(24)9-8-17(19)10-13-22;/h8-9,16,24H,4-7,10-15H2,1-3H3;1H. The fourth-order valence-electron chi connectivity index (χ4n) is 5.19. The highest BCUT2D eigenvalue weighted by molar-refractivity contribution is 5.85. The van der Waals surface area contributed by atoms with Gasteiger partial charge in [-0.15, -0.1) is 12.4 Å².